The summed E-state index contributed by atoms with van der Waals surface area (Å²) in [6.07, 6.45) is -3.07. The summed E-state index contributed by atoms with van der Waals surface area (Å²) in [5.74, 6) is 0.205. The Morgan fingerprint density at radius 1 is 1.07 bits per heavy atom. The highest BCUT2D eigenvalue weighted by Crippen LogP contribution is 2.37. The Labute approximate surface area is 236 Å². The van der Waals surface area contributed by atoms with E-state index in [9.17, 15) is 13.2 Å². The number of hydrogen-bond donors (Lipinski definition) is 2. The van der Waals surface area contributed by atoms with Crippen molar-refractivity contribution in [2.75, 3.05) is 56.8 Å². The van der Waals surface area contributed by atoms with Crippen LogP contribution in [0.25, 0.3) is 22.3 Å². The molecular formula is C28H34F4N8O. The number of hydrogen-bond acceptors (Lipinski definition) is 8. The lowest BCUT2D eigenvalue weighted by atomic mass is 10.1. The fourth-order valence-corrected chi connectivity index (χ4v) is 4.53. The molecule has 3 N–H and O–H groups in total. The Morgan fingerprint density at radius 3 is 2.46 bits per heavy atom. The zero-order valence-corrected chi connectivity index (χ0v) is 23.8. The molecule has 0 saturated carbocycles. The number of ether oxygens (including phenoxy) is 1. The highest BCUT2D eigenvalue weighted by molar-refractivity contribution is 5.83. The van der Waals surface area contributed by atoms with E-state index in [2.05, 4.69) is 20.3 Å². The van der Waals surface area contributed by atoms with Crippen LogP contribution >= 0.6 is 0 Å². The van der Waals surface area contributed by atoms with Crippen LogP contribution in [0.5, 0.6) is 5.75 Å². The summed E-state index contributed by atoms with van der Waals surface area (Å²) in [5, 5.41) is 2.93. The lowest BCUT2D eigenvalue weighted by molar-refractivity contribution is -0.153. The number of anilines is 4. The Morgan fingerprint density at radius 2 is 1.80 bits per heavy atom. The first kappa shape index (κ1) is 29.8. The van der Waals surface area contributed by atoms with E-state index in [4.69, 9.17) is 10.5 Å². The van der Waals surface area contributed by atoms with Gasteiger partial charge in [0.15, 0.2) is 12.4 Å². The molecule has 41 heavy (non-hydrogen) atoms. The number of nitrogens with zero attached hydrogens (tertiary/aromatic N) is 6. The molecule has 0 radical (unpaired) electrons. The third-order valence-electron chi connectivity index (χ3n) is 6.45. The van der Waals surface area contributed by atoms with Crippen LogP contribution < -0.4 is 20.7 Å². The average molecular weight is 575 g/mol. The van der Waals surface area contributed by atoms with E-state index in [-0.39, 0.29) is 28.9 Å². The fraction of sp³-hybridized carbons (Fsp3) is 0.393. The molecule has 0 aliphatic heterocycles. The van der Waals surface area contributed by atoms with Crippen LogP contribution in [0.3, 0.4) is 0 Å². The molecule has 0 aliphatic rings. The second-order valence-electron chi connectivity index (χ2n) is 10.4. The molecule has 0 atom stereocenters. The van der Waals surface area contributed by atoms with E-state index in [1.54, 1.807) is 19.2 Å². The Hall–Kier alpha value is -4.13. The topological polar surface area (TPSA) is 97.4 Å². The normalized spacial score (nSPS) is 12.0. The van der Waals surface area contributed by atoms with Crippen LogP contribution in [0, 0.1) is 12.7 Å². The zero-order valence-electron chi connectivity index (χ0n) is 23.8. The van der Waals surface area contributed by atoms with Gasteiger partial charge in [-0.15, -0.1) is 0 Å². The molecular weight excluding hydrogens is 540 g/mol. The Balaban J connectivity index is 1.70. The number of alkyl halides is 3. The van der Waals surface area contributed by atoms with Crippen LogP contribution in [-0.2, 0) is 0 Å². The number of nitrogens with two attached hydrogens (primary N) is 1. The van der Waals surface area contributed by atoms with E-state index in [1.807, 2.05) is 49.2 Å². The van der Waals surface area contributed by atoms with Crippen LogP contribution in [0.4, 0.5) is 40.6 Å². The predicted molar refractivity (Wildman–Crippen MR) is 153 cm³/mol. The minimum atomic E-state index is -4.55. The van der Waals surface area contributed by atoms with Gasteiger partial charge in [0.2, 0.25) is 5.95 Å². The second kappa shape index (κ2) is 11.8. The molecule has 0 bridgehead atoms. The highest BCUT2D eigenvalue weighted by Gasteiger charge is 2.29. The Bertz CT molecular complexity index is 1530. The van der Waals surface area contributed by atoms with Crippen molar-refractivity contribution in [2.45, 2.75) is 33.0 Å². The summed E-state index contributed by atoms with van der Waals surface area (Å²) < 4.78 is 61.4. The van der Waals surface area contributed by atoms with Gasteiger partial charge in [-0.1, -0.05) is 0 Å². The number of fused-ring (bicyclic) bond motifs is 1. The molecule has 13 heteroatoms. The number of likely N-dealkylation sites (N-methyl/N-ethyl adjacent to an activating group) is 2. The molecule has 0 spiro atoms. The number of imidazole rings is 1. The van der Waals surface area contributed by atoms with E-state index < -0.39 is 18.6 Å². The lowest BCUT2D eigenvalue weighted by Gasteiger charge is -2.25. The first-order valence-corrected chi connectivity index (χ1v) is 13.0. The lowest BCUT2D eigenvalue weighted by Crippen LogP contribution is -2.29. The minimum absolute atomic E-state index is 0.0581. The van der Waals surface area contributed by atoms with Gasteiger partial charge in [0.1, 0.15) is 17.1 Å². The molecule has 2 aromatic heterocycles. The molecule has 4 aromatic rings. The summed E-state index contributed by atoms with van der Waals surface area (Å²) in [6, 6.07) is 7.77. The molecule has 0 saturated heterocycles. The van der Waals surface area contributed by atoms with Gasteiger partial charge in [-0.2, -0.15) is 13.2 Å². The molecule has 0 unspecified atom stereocenters. The number of rotatable bonds is 10. The maximum atomic E-state index is 15.1. The van der Waals surface area contributed by atoms with E-state index in [0.717, 1.165) is 0 Å². The molecule has 0 fully saturated rings. The van der Waals surface area contributed by atoms with E-state index in [0.29, 0.717) is 47.1 Å². The molecule has 4 rings (SSSR count). The SMILES string of the molecule is Cc1nc2c(F)cc(-c3ccnc(Nc4cc(N)c(N(C)CCN(C)C)cc4OCC(F)(F)F)n3)cc2n1C(C)C. The smallest absolute Gasteiger partial charge is 0.422 e. The summed E-state index contributed by atoms with van der Waals surface area (Å²) in [4.78, 5) is 16.9. The maximum absolute atomic E-state index is 15.1. The summed E-state index contributed by atoms with van der Waals surface area (Å²) in [5.41, 5.74) is 9.10. The summed E-state index contributed by atoms with van der Waals surface area (Å²) in [7, 11) is 5.64. The van der Waals surface area contributed by atoms with Crippen molar-refractivity contribution < 1.29 is 22.3 Å². The zero-order chi connectivity index (χ0) is 30.1. The molecule has 0 amide bonds. The average Bonchev–Trinajstić information content (AvgIpc) is 3.23. The van der Waals surface area contributed by atoms with Gasteiger partial charge < -0.3 is 30.2 Å². The molecule has 9 nitrogen and oxygen atoms in total. The molecule has 0 aliphatic carbocycles. The first-order valence-electron chi connectivity index (χ1n) is 13.0. The number of benzene rings is 2. The second-order valence-corrected chi connectivity index (χ2v) is 10.4. The van der Waals surface area contributed by atoms with Crippen LogP contribution in [-0.4, -0.2) is 71.4 Å². The fourth-order valence-electron chi connectivity index (χ4n) is 4.53. The van der Waals surface area contributed by atoms with Crippen molar-refractivity contribution in [1.82, 2.24) is 24.4 Å². The molecule has 2 aromatic carbocycles. The van der Waals surface area contributed by atoms with Crippen LogP contribution in [0.1, 0.15) is 25.7 Å². The van der Waals surface area contributed by atoms with Gasteiger partial charge in [-0.25, -0.2) is 19.3 Å². The number of aromatic nitrogens is 4. The predicted octanol–water partition coefficient (Wildman–Crippen LogP) is 5.79. The van der Waals surface area contributed by atoms with Crippen molar-refractivity contribution in [1.29, 1.82) is 0 Å². The number of nitrogen functional groups attached to an aromatic ring is 1. The van der Waals surface area contributed by atoms with Gasteiger partial charge in [0, 0.05) is 44.0 Å². The third-order valence-corrected chi connectivity index (χ3v) is 6.45. The largest absolute Gasteiger partial charge is 0.482 e. The van der Waals surface area contributed by atoms with Gasteiger partial charge in [-0.3, -0.25) is 0 Å². The van der Waals surface area contributed by atoms with Gasteiger partial charge in [-0.05, 0) is 59.1 Å². The standard InChI is InChI=1S/C28H34F4N8O/c1-16(2)40-17(3)35-26-19(29)11-18(12-24(26)40)21-7-8-34-27(36-21)37-22-13-20(33)23(39(6)10-9-38(4)5)14-25(22)41-15-28(30,31)32/h7-8,11-14,16H,9-10,15,33H2,1-6H3,(H,34,36,37). The monoisotopic (exact) mass is 574 g/mol. The summed E-state index contributed by atoms with van der Waals surface area (Å²) >= 11 is 0. The van der Waals surface area contributed by atoms with E-state index >= 15 is 4.39 Å². The number of aryl methyl sites for hydroxylation is 1. The Kier molecular flexibility index (Phi) is 8.57. The van der Waals surface area contributed by atoms with Gasteiger partial charge >= 0.3 is 6.18 Å². The highest BCUT2D eigenvalue weighted by atomic mass is 19.4. The van der Waals surface area contributed by atoms with Crippen molar-refractivity contribution >= 4 is 34.0 Å². The quantitative estimate of drug-likeness (QED) is 0.182. The molecule has 2 heterocycles. The molecule has 220 valence electrons. The third kappa shape index (κ3) is 6.96. The number of halogens is 4. The summed E-state index contributed by atoms with van der Waals surface area (Å²) in [6.45, 7) is 5.60. The van der Waals surface area contributed by atoms with Crippen molar-refractivity contribution in [3.05, 3.63) is 48.2 Å². The van der Waals surface area contributed by atoms with E-state index in [1.165, 1.54) is 24.4 Å². The first-order chi connectivity index (χ1) is 19.2. The maximum Gasteiger partial charge on any atom is 0.422 e. The van der Waals surface area contributed by atoms with Crippen molar-refractivity contribution in [3.63, 3.8) is 0 Å². The van der Waals surface area contributed by atoms with Crippen LogP contribution in [0.15, 0.2) is 36.5 Å². The number of nitrogens with one attached hydrogen (secondary N) is 1. The van der Waals surface area contributed by atoms with Crippen molar-refractivity contribution in [3.8, 4) is 17.0 Å². The minimum Gasteiger partial charge on any atom is -0.482 e. The van der Waals surface area contributed by atoms with Crippen molar-refractivity contribution in [2.24, 2.45) is 0 Å². The van der Waals surface area contributed by atoms with Gasteiger partial charge in [0.25, 0.3) is 0 Å². The van der Waals surface area contributed by atoms with Gasteiger partial charge in [0.05, 0.1) is 28.3 Å². The van der Waals surface area contributed by atoms with Crippen LogP contribution in [0.2, 0.25) is 0 Å².